The van der Waals surface area contributed by atoms with Gasteiger partial charge in [-0.2, -0.15) is 0 Å². The summed E-state index contributed by atoms with van der Waals surface area (Å²) in [6.45, 7) is 6.23. The zero-order chi connectivity index (χ0) is 17.8. The van der Waals surface area contributed by atoms with Crippen LogP contribution in [0.1, 0.15) is 12.8 Å². The molecule has 0 radical (unpaired) electrons. The van der Waals surface area contributed by atoms with E-state index in [0.717, 1.165) is 50.2 Å². The maximum Gasteiger partial charge on any atom is 0.251 e. The normalized spacial score (nSPS) is 22.8. The molecule has 0 aromatic heterocycles. The minimum atomic E-state index is -0.399. The summed E-state index contributed by atoms with van der Waals surface area (Å²) in [4.78, 5) is 30.9. The summed E-state index contributed by atoms with van der Waals surface area (Å²) >= 11 is 3.37. The van der Waals surface area contributed by atoms with Gasteiger partial charge in [-0.3, -0.25) is 9.59 Å². The number of hydrogen-bond acceptors (Lipinski definition) is 5. The van der Waals surface area contributed by atoms with Gasteiger partial charge in [-0.05, 0) is 50.8 Å². The number of rotatable bonds is 6. The molecular weight excluding hydrogens is 384 g/mol. The molecule has 2 aliphatic heterocycles. The van der Waals surface area contributed by atoms with Crippen molar-refractivity contribution < 1.29 is 9.59 Å². The lowest BCUT2D eigenvalue weighted by molar-refractivity contribution is -0.121. The Balaban J connectivity index is 1.45. The highest BCUT2D eigenvalue weighted by Gasteiger charge is 2.39. The van der Waals surface area contributed by atoms with Crippen molar-refractivity contribution in [2.24, 2.45) is 0 Å². The molecule has 2 aliphatic rings. The minimum absolute atomic E-state index is 0.135. The van der Waals surface area contributed by atoms with E-state index in [1.165, 1.54) is 4.90 Å². The molecule has 2 heterocycles. The van der Waals surface area contributed by atoms with E-state index in [0.29, 0.717) is 5.69 Å². The quantitative estimate of drug-likeness (QED) is 0.567. The van der Waals surface area contributed by atoms with Gasteiger partial charge in [0, 0.05) is 30.7 Å². The van der Waals surface area contributed by atoms with Gasteiger partial charge in [0.05, 0.1) is 18.2 Å². The SMILES string of the molecule is CN1CCN(CCCNC2CC(=O)N(c3ccc(Br)cc3)C2=O)CC1. The molecular formula is C18H25BrN4O2. The number of nitrogens with zero attached hydrogens (tertiary/aromatic N) is 3. The summed E-state index contributed by atoms with van der Waals surface area (Å²) in [7, 11) is 2.15. The smallest absolute Gasteiger partial charge is 0.251 e. The summed E-state index contributed by atoms with van der Waals surface area (Å²) in [5.41, 5.74) is 0.639. The predicted octanol–water partition coefficient (Wildman–Crippen LogP) is 1.31. The van der Waals surface area contributed by atoms with Crippen LogP contribution < -0.4 is 10.2 Å². The lowest BCUT2D eigenvalue weighted by Crippen LogP contribution is -2.45. The van der Waals surface area contributed by atoms with Crippen molar-refractivity contribution in [1.29, 1.82) is 0 Å². The molecule has 2 fully saturated rings. The highest BCUT2D eigenvalue weighted by Crippen LogP contribution is 2.24. The van der Waals surface area contributed by atoms with Crippen LogP contribution in [0.5, 0.6) is 0 Å². The first-order valence-corrected chi connectivity index (χ1v) is 9.60. The molecule has 3 rings (SSSR count). The van der Waals surface area contributed by atoms with Crippen LogP contribution in [-0.4, -0.2) is 74.0 Å². The number of piperazine rings is 1. The van der Waals surface area contributed by atoms with Crippen molar-refractivity contribution in [3.8, 4) is 0 Å². The van der Waals surface area contributed by atoms with E-state index in [1.54, 1.807) is 12.1 Å². The third kappa shape index (κ3) is 4.67. The molecule has 1 N–H and O–H groups in total. The van der Waals surface area contributed by atoms with Crippen LogP contribution >= 0.6 is 15.9 Å². The standard InChI is InChI=1S/C18H25BrN4O2/c1-21-9-11-22(12-10-21)8-2-7-20-16-13-17(24)23(18(16)25)15-5-3-14(19)4-6-15/h3-6,16,20H,2,7-13H2,1H3. The zero-order valence-corrected chi connectivity index (χ0v) is 16.2. The molecule has 1 atom stereocenters. The van der Waals surface area contributed by atoms with Gasteiger partial charge in [0.2, 0.25) is 5.91 Å². The lowest BCUT2D eigenvalue weighted by Gasteiger charge is -2.32. The summed E-state index contributed by atoms with van der Waals surface area (Å²) in [6.07, 6.45) is 1.23. The van der Waals surface area contributed by atoms with Gasteiger partial charge < -0.3 is 15.1 Å². The first-order chi connectivity index (χ1) is 12.0. The largest absolute Gasteiger partial charge is 0.305 e. The molecule has 1 aromatic rings. The van der Waals surface area contributed by atoms with Crippen LogP contribution in [-0.2, 0) is 9.59 Å². The van der Waals surface area contributed by atoms with Crippen LogP contribution in [0.4, 0.5) is 5.69 Å². The second-order valence-electron chi connectivity index (χ2n) is 6.75. The van der Waals surface area contributed by atoms with Gasteiger partial charge in [0.25, 0.3) is 5.91 Å². The van der Waals surface area contributed by atoms with Gasteiger partial charge in [0.15, 0.2) is 0 Å². The molecule has 0 bridgehead atoms. The lowest BCUT2D eigenvalue weighted by atomic mass is 10.2. The number of benzene rings is 1. The second-order valence-corrected chi connectivity index (χ2v) is 7.67. The van der Waals surface area contributed by atoms with E-state index >= 15 is 0 Å². The van der Waals surface area contributed by atoms with Crippen molar-refractivity contribution in [3.63, 3.8) is 0 Å². The molecule has 0 saturated carbocycles. The zero-order valence-electron chi connectivity index (χ0n) is 14.6. The number of anilines is 1. The van der Waals surface area contributed by atoms with E-state index < -0.39 is 6.04 Å². The maximum atomic E-state index is 12.5. The Morgan fingerprint density at radius 1 is 1.12 bits per heavy atom. The van der Waals surface area contributed by atoms with Crippen molar-refractivity contribution in [2.75, 3.05) is 51.2 Å². The van der Waals surface area contributed by atoms with Gasteiger partial charge in [-0.1, -0.05) is 15.9 Å². The highest BCUT2D eigenvalue weighted by molar-refractivity contribution is 9.10. The van der Waals surface area contributed by atoms with Crippen LogP contribution in [0.2, 0.25) is 0 Å². The van der Waals surface area contributed by atoms with E-state index in [4.69, 9.17) is 0 Å². The van der Waals surface area contributed by atoms with Crippen LogP contribution in [0, 0.1) is 0 Å². The fourth-order valence-corrected chi connectivity index (χ4v) is 3.57. The van der Waals surface area contributed by atoms with Crippen LogP contribution in [0.25, 0.3) is 0 Å². The maximum absolute atomic E-state index is 12.5. The fraction of sp³-hybridized carbons (Fsp3) is 0.556. The Morgan fingerprint density at radius 2 is 1.80 bits per heavy atom. The first-order valence-electron chi connectivity index (χ1n) is 8.81. The van der Waals surface area contributed by atoms with Gasteiger partial charge in [-0.25, -0.2) is 4.90 Å². The summed E-state index contributed by atoms with van der Waals surface area (Å²) in [6, 6.07) is 6.86. The molecule has 0 aliphatic carbocycles. The number of imide groups is 1. The number of likely N-dealkylation sites (N-methyl/N-ethyl adjacent to an activating group) is 1. The second kappa shape index (κ2) is 8.40. The Hall–Kier alpha value is -1.28. The topological polar surface area (TPSA) is 55.9 Å². The molecule has 136 valence electrons. The summed E-state index contributed by atoms with van der Waals surface area (Å²) < 4.78 is 0.925. The molecule has 6 nitrogen and oxygen atoms in total. The monoisotopic (exact) mass is 408 g/mol. The fourth-order valence-electron chi connectivity index (χ4n) is 3.30. The Bertz CT molecular complexity index is 614. The molecule has 2 amide bonds. The molecule has 7 heteroatoms. The van der Waals surface area contributed by atoms with Gasteiger partial charge >= 0.3 is 0 Å². The number of carbonyl (C=O) groups is 2. The highest BCUT2D eigenvalue weighted by atomic mass is 79.9. The number of nitrogens with one attached hydrogen (secondary N) is 1. The molecule has 1 aromatic carbocycles. The van der Waals surface area contributed by atoms with Crippen molar-refractivity contribution in [3.05, 3.63) is 28.7 Å². The van der Waals surface area contributed by atoms with Gasteiger partial charge in [-0.15, -0.1) is 0 Å². The number of halogens is 1. The number of amides is 2. The Kier molecular flexibility index (Phi) is 6.22. The van der Waals surface area contributed by atoms with Crippen molar-refractivity contribution >= 4 is 33.4 Å². The van der Waals surface area contributed by atoms with Crippen molar-refractivity contribution in [1.82, 2.24) is 15.1 Å². The molecule has 1 unspecified atom stereocenters. The summed E-state index contributed by atoms with van der Waals surface area (Å²) in [5, 5.41) is 3.26. The molecule has 0 spiro atoms. The van der Waals surface area contributed by atoms with Crippen LogP contribution in [0.15, 0.2) is 28.7 Å². The Morgan fingerprint density at radius 3 is 2.48 bits per heavy atom. The number of hydrogen-bond donors (Lipinski definition) is 1. The van der Waals surface area contributed by atoms with E-state index in [-0.39, 0.29) is 18.2 Å². The summed E-state index contributed by atoms with van der Waals surface area (Å²) in [5.74, 6) is -0.282. The van der Waals surface area contributed by atoms with Crippen LogP contribution in [0.3, 0.4) is 0 Å². The Labute approximate surface area is 157 Å². The van der Waals surface area contributed by atoms with Crippen molar-refractivity contribution in [2.45, 2.75) is 18.9 Å². The third-order valence-corrected chi connectivity index (χ3v) is 5.40. The number of carbonyl (C=O) groups excluding carboxylic acids is 2. The first kappa shape index (κ1) is 18.5. The average molecular weight is 409 g/mol. The predicted molar refractivity (Wildman–Crippen MR) is 102 cm³/mol. The minimum Gasteiger partial charge on any atom is -0.305 e. The van der Waals surface area contributed by atoms with E-state index in [1.807, 2.05) is 12.1 Å². The molecule has 25 heavy (non-hydrogen) atoms. The van der Waals surface area contributed by atoms with E-state index in [2.05, 4.69) is 38.1 Å². The third-order valence-electron chi connectivity index (χ3n) is 4.87. The average Bonchev–Trinajstić information content (AvgIpc) is 2.88. The van der Waals surface area contributed by atoms with E-state index in [9.17, 15) is 9.59 Å². The van der Waals surface area contributed by atoms with Gasteiger partial charge in [0.1, 0.15) is 0 Å². The molecule has 2 saturated heterocycles.